The molecule has 8 nitrogen and oxygen atoms in total. The molecular weight excluding hydrogens is 734 g/mol. The number of allylic oxidation sites excluding steroid dienone is 13. The van der Waals surface area contributed by atoms with Crippen LogP contribution in [0.3, 0.4) is 0 Å². The number of nitrogens with zero attached hydrogens (tertiary/aromatic N) is 1. The first kappa shape index (κ1) is 54.5. The highest BCUT2D eigenvalue weighted by Gasteiger charge is 2.20. The third-order valence-electron chi connectivity index (χ3n) is 8.99. The van der Waals surface area contributed by atoms with E-state index in [2.05, 4.69) is 86.8 Å². The van der Waals surface area contributed by atoms with Gasteiger partial charge in [-0.05, 0) is 96.0 Å². The lowest BCUT2D eigenvalue weighted by molar-refractivity contribution is -0.870. The summed E-state index contributed by atoms with van der Waals surface area (Å²) in [5.41, 5.74) is 0. The summed E-state index contributed by atoms with van der Waals surface area (Å²) in [5.74, 6) is -0.394. The molecule has 0 saturated carbocycles. The predicted molar refractivity (Wildman–Crippen MR) is 240 cm³/mol. The molecule has 0 radical (unpaired) electrons. The van der Waals surface area contributed by atoms with Crippen LogP contribution in [0, 0.1) is 0 Å². The van der Waals surface area contributed by atoms with Gasteiger partial charge in [0.1, 0.15) is 19.8 Å². The second-order valence-corrected chi connectivity index (χ2v) is 17.1. The number of esters is 1. The van der Waals surface area contributed by atoms with Gasteiger partial charge >= 0.3 is 5.97 Å². The topological polar surface area (TPSA) is 94.1 Å². The van der Waals surface area contributed by atoms with Crippen LogP contribution < -0.4 is 4.89 Å². The number of carbonyl (C=O) groups is 1. The van der Waals surface area contributed by atoms with Crippen molar-refractivity contribution in [3.63, 3.8) is 0 Å². The van der Waals surface area contributed by atoms with E-state index < -0.39 is 19.9 Å². The Morgan fingerprint density at radius 1 is 0.579 bits per heavy atom. The molecule has 0 rings (SSSR count). The molecule has 0 aromatic rings. The number of phosphoric acid groups is 1. The highest BCUT2D eigenvalue weighted by atomic mass is 31.2. The van der Waals surface area contributed by atoms with Crippen molar-refractivity contribution in [1.29, 1.82) is 0 Å². The summed E-state index contributed by atoms with van der Waals surface area (Å²) in [5, 5.41) is 0. The van der Waals surface area contributed by atoms with Crippen LogP contribution in [-0.2, 0) is 27.9 Å². The van der Waals surface area contributed by atoms with E-state index in [-0.39, 0.29) is 26.2 Å². The van der Waals surface area contributed by atoms with Crippen LogP contribution in [0.1, 0.15) is 162 Å². The van der Waals surface area contributed by atoms with Crippen molar-refractivity contribution in [3.8, 4) is 0 Å². The van der Waals surface area contributed by atoms with Crippen molar-refractivity contribution in [2.45, 2.75) is 168 Å². The molecule has 0 aliphatic rings. The fourth-order valence-corrected chi connectivity index (χ4v) is 6.26. The van der Waals surface area contributed by atoms with Crippen LogP contribution in [0.2, 0.25) is 0 Å². The minimum atomic E-state index is -4.56. The first-order valence-corrected chi connectivity index (χ1v) is 23.8. The van der Waals surface area contributed by atoms with Crippen molar-refractivity contribution in [2.75, 3.05) is 47.5 Å². The standard InChI is InChI=1S/C48H84NO7P/c1-6-8-10-12-14-16-18-20-22-24-25-26-27-29-31-33-35-37-39-41-48(50)56-47(46-55-57(51,52)54-44-42-49(3,4)5)45-53-43-40-38-36-34-32-30-28-23-21-19-17-15-13-11-9-7-2/h8,10,14,16,20-23,25-26,29,31,40,43,47H,6-7,9,11-13,15,17-19,24,27-28,30,32-39,41-42,44-46H2,1-5H3/b10-8-,16-14-,22-20-,23-21-,26-25-,31-29-,43-40-/t47-/m1/s1. The van der Waals surface area contributed by atoms with Crippen LogP contribution in [0.5, 0.6) is 0 Å². The molecule has 0 spiro atoms. The van der Waals surface area contributed by atoms with E-state index >= 15 is 0 Å². The van der Waals surface area contributed by atoms with Crippen molar-refractivity contribution in [3.05, 3.63) is 85.3 Å². The fourth-order valence-electron chi connectivity index (χ4n) is 5.53. The first-order valence-electron chi connectivity index (χ1n) is 22.4. The third kappa shape index (κ3) is 44.5. The Hall–Kier alpha value is -2.48. The van der Waals surface area contributed by atoms with E-state index in [4.69, 9.17) is 18.5 Å². The molecule has 0 N–H and O–H groups in total. The van der Waals surface area contributed by atoms with E-state index in [1.165, 1.54) is 64.2 Å². The maximum Gasteiger partial charge on any atom is 0.306 e. The number of carbonyl (C=O) groups excluding carboxylic acids is 1. The van der Waals surface area contributed by atoms with E-state index in [1.807, 2.05) is 27.2 Å². The lowest BCUT2D eigenvalue weighted by atomic mass is 10.1. The number of rotatable bonds is 40. The highest BCUT2D eigenvalue weighted by molar-refractivity contribution is 7.45. The summed E-state index contributed by atoms with van der Waals surface area (Å²) in [6.07, 6.45) is 54.0. The molecule has 0 fully saturated rings. The van der Waals surface area contributed by atoms with Gasteiger partial charge in [-0.15, -0.1) is 0 Å². The van der Waals surface area contributed by atoms with Gasteiger partial charge in [-0.1, -0.05) is 138 Å². The third-order valence-corrected chi connectivity index (χ3v) is 9.96. The fraction of sp³-hybridized carbons (Fsp3) is 0.688. The summed E-state index contributed by atoms with van der Waals surface area (Å²) in [7, 11) is 1.28. The van der Waals surface area contributed by atoms with Gasteiger partial charge in [0.2, 0.25) is 0 Å². The number of hydrogen-bond acceptors (Lipinski definition) is 7. The van der Waals surface area contributed by atoms with Crippen LogP contribution in [-0.4, -0.2) is 64.1 Å². The molecule has 0 aromatic heterocycles. The number of quaternary nitrogens is 1. The summed E-state index contributed by atoms with van der Waals surface area (Å²) in [4.78, 5) is 25.0. The lowest BCUT2D eigenvalue weighted by Gasteiger charge is -2.28. The predicted octanol–water partition coefficient (Wildman–Crippen LogP) is 13.0. The van der Waals surface area contributed by atoms with Gasteiger partial charge in [0.25, 0.3) is 7.82 Å². The Morgan fingerprint density at radius 3 is 1.56 bits per heavy atom. The number of likely N-dealkylation sites (N-methyl/N-ethyl adjacent to an activating group) is 1. The zero-order valence-electron chi connectivity index (χ0n) is 37.0. The van der Waals surface area contributed by atoms with Gasteiger partial charge in [-0.25, -0.2) is 0 Å². The smallest absolute Gasteiger partial charge is 0.306 e. The minimum absolute atomic E-state index is 0.00352. The minimum Gasteiger partial charge on any atom is -0.756 e. The van der Waals surface area contributed by atoms with Gasteiger partial charge < -0.3 is 27.9 Å². The molecule has 328 valence electrons. The molecule has 1 unspecified atom stereocenters. The van der Waals surface area contributed by atoms with Gasteiger partial charge in [0, 0.05) is 6.42 Å². The maximum atomic E-state index is 12.7. The Balaban J connectivity index is 4.39. The van der Waals surface area contributed by atoms with Crippen LogP contribution in [0.4, 0.5) is 0 Å². The maximum absolute atomic E-state index is 12.7. The Labute approximate surface area is 350 Å². The molecule has 2 atom stereocenters. The zero-order chi connectivity index (χ0) is 42.0. The second-order valence-electron chi connectivity index (χ2n) is 15.7. The molecule has 57 heavy (non-hydrogen) atoms. The highest BCUT2D eigenvalue weighted by Crippen LogP contribution is 2.38. The van der Waals surface area contributed by atoms with Crippen LogP contribution in [0.15, 0.2) is 85.3 Å². The molecular formula is C48H84NO7P. The van der Waals surface area contributed by atoms with Crippen LogP contribution in [0.25, 0.3) is 0 Å². The Morgan fingerprint density at radius 2 is 1.04 bits per heavy atom. The number of phosphoric ester groups is 1. The van der Waals surface area contributed by atoms with E-state index in [0.717, 1.165) is 70.6 Å². The van der Waals surface area contributed by atoms with Gasteiger partial charge in [0.15, 0.2) is 6.10 Å². The Kier molecular flexibility index (Phi) is 38.6. The Bertz CT molecular complexity index is 1180. The average Bonchev–Trinajstić information content (AvgIpc) is 3.16. The monoisotopic (exact) mass is 818 g/mol. The van der Waals surface area contributed by atoms with Crippen molar-refractivity contribution < 1.29 is 37.3 Å². The van der Waals surface area contributed by atoms with Crippen LogP contribution >= 0.6 is 7.82 Å². The summed E-state index contributed by atoms with van der Waals surface area (Å²) >= 11 is 0. The zero-order valence-corrected chi connectivity index (χ0v) is 37.9. The summed E-state index contributed by atoms with van der Waals surface area (Å²) < 4.78 is 34.3. The molecule has 0 heterocycles. The van der Waals surface area contributed by atoms with E-state index in [9.17, 15) is 14.3 Å². The van der Waals surface area contributed by atoms with E-state index in [0.29, 0.717) is 17.4 Å². The van der Waals surface area contributed by atoms with Crippen molar-refractivity contribution in [1.82, 2.24) is 0 Å². The molecule has 0 saturated heterocycles. The van der Waals surface area contributed by atoms with E-state index in [1.54, 1.807) is 6.26 Å². The summed E-state index contributed by atoms with van der Waals surface area (Å²) in [6, 6.07) is 0. The molecule has 0 bridgehead atoms. The normalized spacial score (nSPS) is 14.5. The summed E-state index contributed by atoms with van der Waals surface area (Å²) in [6.45, 7) is 4.55. The second kappa shape index (κ2) is 40.3. The van der Waals surface area contributed by atoms with Crippen molar-refractivity contribution in [2.24, 2.45) is 0 Å². The molecule has 0 aliphatic carbocycles. The van der Waals surface area contributed by atoms with Crippen molar-refractivity contribution >= 4 is 13.8 Å². The largest absolute Gasteiger partial charge is 0.756 e. The SMILES string of the molecule is CC/C=C\C/C=C\C/C=C\C/C=C\C/C=C\CCCCCC(=O)O[C@H](CO/C=C\CCCCCC/C=C\CCCCCCCC)COP(=O)([O-])OCC[N+](C)(C)C. The number of ether oxygens (including phenoxy) is 2. The molecule has 0 aromatic carbocycles. The lowest BCUT2D eigenvalue weighted by Crippen LogP contribution is -2.37. The molecule has 0 amide bonds. The quantitative estimate of drug-likeness (QED) is 0.0152. The molecule has 9 heteroatoms. The number of hydrogen-bond donors (Lipinski definition) is 0. The van der Waals surface area contributed by atoms with Gasteiger partial charge in [0.05, 0.1) is 34.0 Å². The first-order chi connectivity index (χ1) is 27.6. The van der Waals surface area contributed by atoms with Gasteiger partial charge in [-0.2, -0.15) is 0 Å². The van der Waals surface area contributed by atoms with Gasteiger partial charge in [-0.3, -0.25) is 9.36 Å². The number of unbranched alkanes of at least 4 members (excludes halogenated alkanes) is 14. The average molecular weight is 818 g/mol. The molecule has 0 aliphatic heterocycles.